The first-order valence-corrected chi connectivity index (χ1v) is 10.4. The minimum absolute atomic E-state index is 0.799. The van der Waals surface area contributed by atoms with Crippen molar-refractivity contribution in [3.05, 3.63) is 6.92 Å². The Morgan fingerprint density at radius 1 is 0.875 bits per heavy atom. The van der Waals surface area contributed by atoms with Crippen LogP contribution in [0.5, 0.6) is 0 Å². The normalized spacial score (nSPS) is 12.2. The zero-order valence-electron chi connectivity index (χ0n) is 17.0. The van der Waals surface area contributed by atoms with Crippen LogP contribution in [-0.4, -0.2) is 57.3 Å². The Kier molecular flexibility index (Phi) is 27.0. The highest BCUT2D eigenvalue weighted by molar-refractivity contribution is 4.59. The molecule has 0 spiro atoms. The fourth-order valence-corrected chi connectivity index (χ4v) is 1.96. The van der Waals surface area contributed by atoms with Crippen molar-refractivity contribution in [3.8, 4) is 0 Å². The highest BCUT2D eigenvalue weighted by Crippen LogP contribution is 1.97. The molecule has 1 fully saturated rings. The first-order chi connectivity index (χ1) is 11.8. The fraction of sp³-hybridized carbons (Fsp3) is 0.950. The van der Waals surface area contributed by atoms with Crippen LogP contribution in [0.4, 0.5) is 0 Å². The van der Waals surface area contributed by atoms with Crippen LogP contribution in [0.15, 0.2) is 0 Å². The molecule has 24 heavy (non-hydrogen) atoms. The van der Waals surface area contributed by atoms with E-state index in [1.54, 1.807) is 0 Å². The van der Waals surface area contributed by atoms with E-state index in [9.17, 15) is 0 Å². The lowest BCUT2D eigenvalue weighted by molar-refractivity contribution is 0.272. The van der Waals surface area contributed by atoms with E-state index in [0.717, 1.165) is 26.1 Å². The van der Waals surface area contributed by atoms with Crippen molar-refractivity contribution in [2.75, 3.05) is 52.4 Å². The molecule has 0 aromatic carbocycles. The van der Waals surface area contributed by atoms with Gasteiger partial charge in [0.1, 0.15) is 0 Å². The SMILES string of the molecule is C1CN1.CCCCN(CCN)CCCC.[CH2+]CCCNCCCC. The van der Waals surface area contributed by atoms with Crippen LogP contribution in [0.25, 0.3) is 0 Å². The Bertz CT molecular complexity index is 181. The van der Waals surface area contributed by atoms with Gasteiger partial charge in [-0.3, -0.25) is 0 Å². The molecule has 4 N–H and O–H groups in total. The number of nitrogens with zero attached hydrogens (tertiary/aromatic N) is 1. The van der Waals surface area contributed by atoms with Crippen molar-refractivity contribution in [2.24, 2.45) is 5.73 Å². The average Bonchev–Trinajstić information content (AvgIpc) is 3.47. The second-order valence-corrected chi connectivity index (χ2v) is 6.40. The molecule has 0 amide bonds. The lowest BCUT2D eigenvalue weighted by atomic mass is 10.2. The zero-order valence-corrected chi connectivity index (χ0v) is 17.0. The first-order valence-electron chi connectivity index (χ1n) is 10.4. The molecule has 1 aliphatic rings. The van der Waals surface area contributed by atoms with Gasteiger partial charge in [-0.1, -0.05) is 40.0 Å². The third-order valence-electron chi connectivity index (χ3n) is 3.66. The van der Waals surface area contributed by atoms with Gasteiger partial charge in [0.05, 0.1) is 13.3 Å². The van der Waals surface area contributed by atoms with Gasteiger partial charge in [-0.15, -0.1) is 0 Å². The van der Waals surface area contributed by atoms with Crippen molar-refractivity contribution in [1.82, 2.24) is 15.5 Å². The average molecular weight is 344 g/mol. The highest BCUT2D eigenvalue weighted by Gasteiger charge is 2.00. The van der Waals surface area contributed by atoms with Crippen LogP contribution in [-0.2, 0) is 0 Å². The second kappa shape index (κ2) is 25.0. The van der Waals surface area contributed by atoms with Gasteiger partial charge in [0.15, 0.2) is 0 Å². The molecule has 1 aliphatic heterocycles. The minimum atomic E-state index is 0.799. The summed E-state index contributed by atoms with van der Waals surface area (Å²) in [6.07, 6.45) is 10.0. The predicted octanol–water partition coefficient (Wildman–Crippen LogP) is 3.43. The van der Waals surface area contributed by atoms with Crippen LogP contribution in [0.3, 0.4) is 0 Å². The van der Waals surface area contributed by atoms with Gasteiger partial charge in [-0.25, -0.2) is 0 Å². The fourth-order valence-electron chi connectivity index (χ4n) is 1.96. The lowest BCUT2D eigenvalue weighted by Crippen LogP contribution is -2.31. The minimum Gasteiger partial charge on any atom is -0.329 e. The van der Waals surface area contributed by atoms with Gasteiger partial charge in [-0.2, -0.15) is 0 Å². The lowest BCUT2D eigenvalue weighted by Gasteiger charge is -2.20. The maximum absolute atomic E-state index is 5.53. The number of unbranched alkanes of at least 4 members (excludes halogenated alkanes) is 4. The first kappa shape index (κ1) is 25.9. The summed E-state index contributed by atoms with van der Waals surface area (Å²) in [6.45, 7) is 19.6. The molecule has 0 bridgehead atoms. The van der Waals surface area contributed by atoms with Crippen LogP contribution in [0, 0.1) is 6.92 Å². The molecule has 0 aliphatic carbocycles. The molecular weight excluding hydrogens is 296 g/mol. The molecule has 0 atom stereocenters. The molecule has 0 radical (unpaired) electrons. The predicted molar refractivity (Wildman–Crippen MR) is 111 cm³/mol. The number of nitrogens with one attached hydrogen (secondary N) is 2. The summed E-state index contributed by atoms with van der Waals surface area (Å²) in [5.74, 6) is 0. The molecule has 4 nitrogen and oxygen atoms in total. The molecule has 4 heteroatoms. The molecule has 0 aromatic heterocycles. The molecule has 0 unspecified atom stereocenters. The van der Waals surface area contributed by atoms with Crippen molar-refractivity contribution in [1.29, 1.82) is 0 Å². The van der Waals surface area contributed by atoms with E-state index in [1.165, 1.54) is 77.7 Å². The number of rotatable bonds is 14. The summed E-state index contributed by atoms with van der Waals surface area (Å²) in [7, 11) is 0. The van der Waals surface area contributed by atoms with Gasteiger partial charge in [0.2, 0.25) is 0 Å². The Morgan fingerprint density at radius 3 is 1.75 bits per heavy atom. The summed E-state index contributed by atoms with van der Waals surface area (Å²) < 4.78 is 0. The molecule has 1 heterocycles. The van der Waals surface area contributed by atoms with Crippen LogP contribution in [0.1, 0.15) is 72.1 Å². The smallest absolute Gasteiger partial charge is 0.0862 e. The van der Waals surface area contributed by atoms with E-state index in [0.29, 0.717) is 0 Å². The maximum Gasteiger partial charge on any atom is 0.0862 e. The second-order valence-electron chi connectivity index (χ2n) is 6.40. The third-order valence-corrected chi connectivity index (χ3v) is 3.66. The number of hydrogen-bond acceptors (Lipinski definition) is 4. The monoisotopic (exact) mass is 343 g/mol. The Hall–Kier alpha value is -0.290. The molecule has 1 saturated heterocycles. The van der Waals surface area contributed by atoms with E-state index in [2.05, 4.69) is 43.2 Å². The standard InChI is InChI=1S/C10H24N2.C8H18N.C2H5N/c1-3-5-8-12(10-7-11)9-6-4-2;1-3-5-7-9-8-6-4-2;1-2-3-1/h3-11H2,1-2H3;9H,1,3-8H2,2H3;3H,1-2H2/q;+1;. The summed E-state index contributed by atoms with van der Waals surface area (Å²) in [6, 6.07) is 0. The van der Waals surface area contributed by atoms with E-state index in [4.69, 9.17) is 5.73 Å². The topological polar surface area (TPSA) is 63.2 Å². The van der Waals surface area contributed by atoms with Crippen molar-refractivity contribution >= 4 is 0 Å². The highest BCUT2D eigenvalue weighted by atomic mass is 15.1. The largest absolute Gasteiger partial charge is 0.329 e. The Labute approximate surface area is 153 Å². The number of hydrogen-bond donors (Lipinski definition) is 3. The van der Waals surface area contributed by atoms with Gasteiger partial charge < -0.3 is 21.3 Å². The van der Waals surface area contributed by atoms with Gasteiger partial charge in [0, 0.05) is 26.2 Å². The summed E-state index contributed by atoms with van der Waals surface area (Å²) in [5, 5.41) is 6.35. The third kappa shape index (κ3) is 29.7. The van der Waals surface area contributed by atoms with Gasteiger partial charge >= 0.3 is 0 Å². The van der Waals surface area contributed by atoms with Crippen molar-refractivity contribution in [2.45, 2.75) is 72.1 Å². The quantitative estimate of drug-likeness (QED) is 0.257. The van der Waals surface area contributed by atoms with E-state index in [-0.39, 0.29) is 0 Å². The summed E-state index contributed by atoms with van der Waals surface area (Å²) >= 11 is 0. The zero-order chi connectivity index (χ0) is 18.3. The van der Waals surface area contributed by atoms with Gasteiger partial charge in [-0.05, 0) is 51.9 Å². The Morgan fingerprint density at radius 2 is 1.38 bits per heavy atom. The molecule has 0 saturated carbocycles. The molecule has 146 valence electrons. The molecule has 0 aromatic rings. The van der Waals surface area contributed by atoms with E-state index < -0.39 is 0 Å². The van der Waals surface area contributed by atoms with E-state index >= 15 is 0 Å². The summed E-state index contributed by atoms with van der Waals surface area (Å²) in [5.41, 5.74) is 5.53. The summed E-state index contributed by atoms with van der Waals surface area (Å²) in [4.78, 5) is 2.48. The van der Waals surface area contributed by atoms with E-state index in [1.807, 2.05) is 0 Å². The van der Waals surface area contributed by atoms with Crippen molar-refractivity contribution < 1.29 is 0 Å². The number of nitrogens with two attached hydrogens (primary N) is 1. The van der Waals surface area contributed by atoms with Crippen LogP contribution in [0.2, 0.25) is 0 Å². The molecular formula is C20H47N4+. The molecule has 1 rings (SSSR count). The van der Waals surface area contributed by atoms with Crippen LogP contribution < -0.4 is 16.4 Å². The van der Waals surface area contributed by atoms with Crippen LogP contribution >= 0.6 is 0 Å². The van der Waals surface area contributed by atoms with Gasteiger partial charge in [0.25, 0.3) is 0 Å². The Balaban J connectivity index is 0. The van der Waals surface area contributed by atoms with Crippen molar-refractivity contribution in [3.63, 3.8) is 0 Å². The maximum atomic E-state index is 5.53.